The molecule has 3 nitrogen and oxygen atoms in total. The van der Waals surface area contributed by atoms with E-state index in [1.54, 1.807) is 7.11 Å². The molecule has 20 heavy (non-hydrogen) atoms. The zero-order valence-electron chi connectivity index (χ0n) is 12.6. The summed E-state index contributed by atoms with van der Waals surface area (Å²) in [4.78, 5) is 0. The number of hydrogen-bond acceptors (Lipinski definition) is 3. The van der Waals surface area contributed by atoms with Crippen molar-refractivity contribution in [2.45, 2.75) is 57.9 Å². The molecular formula is C16H27ClN2O. The second-order valence-corrected chi connectivity index (χ2v) is 5.60. The third-order valence-electron chi connectivity index (χ3n) is 3.61. The first-order valence-corrected chi connectivity index (χ1v) is 7.90. The van der Waals surface area contributed by atoms with Crippen LogP contribution in [0.15, 0.2) is 18.2 Å². The molecule has 114 valence electrons. The van der Waals surface area contributed by atoms with Gasteiger partial charge in [0, 0.05) is 16.6 Å². The summed E-state index contributed by atoms with van der Waals surface area (Å²) in [5.74, 6) is 6.53. The van der Waals surface area contributed by atoms with E-state index >= 15 is 0 Å². The molecule has 1 rings (SSSR count). The maximum absolute atomic E-state index is 6.07. The highest BCUT2D eigenvalue weighted by Crippen LogP contribution is 2.30. The molecule has 1 aromatic carbocycles. The number of nitrogens with two attached hydrogens (primary N) is 1. The highest BCUT2D eigenvalue weighted by molar-refractivity contribution is 6.30. The van der Waals surface area contributed by atoms with E-state index in [1.165, 1.54) is 32.1 Å². The summed E-state index contributed by atoms with van der Waals surface area (Å²) in [6, 6.07) is 5.75. The monoisotopic (exact) mass is 298 g/mol. The summed E-state index contributed by atoms with van der Waals surface area (Å²) < 4.78 is 5.39. The summed E-state index contributed by atoms with van der Waals surface area (Å²) in [5, 5.41) is 0.712. The Kier molecular flexibility index (Phi) is 8.67. The second-order valence-electron chi connectivity index (χ2n) is 5.16. The molecule has 0 aliphatic rings. The lowest BCUT2D eigenvalue weighted by atomic mass is 9.99. The van der Waals surface area contributed by atoms with E-state index in [-0.39, 0.29) is 6.04 Å². The van der Waals surface area contributed by atoms with Gasteiger partial charge in [0.25, 0.3) is 0 Å². The van der Waals surface area contributed by atoms with Crippen molar-refractivity contribution in [3.05, 3.63) is 28.8 Å². The number of benzene rings is 1. The summed E-state index contributed by atoms with van der Waals surface area (Å²) in [5.41, 5.74) is 3.92. The standard InChI is InChI=1S/C16H27ClN2O/c1-3-4-5-6-7-8-9-15(19-18)14-12-13(17)10-11-16(14)20-2/h10-12,15,19H,3-9,18H2,1-2H3. The van der Waals surface area contributed by atoms with E-state index in [1.807, 2.05) is 18.2 Å². The van der Waals surface area contributed by atoms with Gasteiger partial charge in [-0.2, -0.15) is 0 Å². The van der Waals surface area contributed by atoms with E-state index in [0.29, 0.717) is 5.02 Å². The van der Waals surface area contributed by atoms with Crippen LogP contribution in [0.25, 0.3) is 0 Å². The molecule has 0 radical (unpaired) electrons. The van der Waals surface area contributed by atoms with Gasteiger partial charge in [-0.25, -0.2) is 0 Å². The number of hydrogen-bond donors (Lipinski definition) is 2. The first-order valence-electron chi connectivity index (χ1n) is 7.52. The van der Waals surface area contributed by atoms with Gasteiger partial charge in [0.2, 0.25) is 0 Å². The largest absolute Gasteiger partial charge is 0.496 e. The van der Waals surface area contributed by atoms with Gasteiger partial charge < -0.3 is 4.74 Å². The first-order chi connectivity index (χ1) is 9.72. The first kappa shape index (κ1) is 17.3. The van der Waals surface area contributed by atoms with Crippen molar-refractivity contribution in [2.75, 3.05) is 7.11 Å². The van der Waals surface area contributed by atoms with Crippen LogP contribution in [-0.4, -0.2) is 7.11 Å². The minimum Gasteiger partial charge on any atom is -0.496 e. The molecule has 0 bridgehead atoms. The number of methoxy groups -OCH3 is 1. The van der Waals surface area contributed by atoms with Gasteiger partial charge in [0.15, 0.2) is 0 Å². The van der Waals surface area contributed by atoms with E-state index in [4.69, 9.17) is 22.2 Å². The number of halogens is 1. The molecule has 0 aromatic heterocycles. The van der Waals surface area contributed by atoms with Crippen molar-refractivity contribution in [2.24, 2.45) is 5.84 Å². The molecule has 4 heteroatoms. The van der Waals surface area contributed by atoms with Crippen molar-refractivity contribution in [1.29, 1.82) is 0 Å². The predicted octanol–water partition coefficient (Wildman–Crippen LogP) is 4.60. The van der Waals surface area contributed by atoms with Crippen LogP contribution < -0.4 is 16.0 Å². The Morgan fingerprint density at radius 3 is 2.55 bits per heavy atom. The molecule has 1 unspecified atom stereocenters. The molecule has 0 heterocycles. The summed E-state index contributed by atoms with van der Waals surface area (Å²) in [6.45, 7) is 2.24. The van der Waals surface area contributed by atoms with Gasteiger partial charge in [-0.15, -0.1) is 0 Å². The Morgan fingerprint density at radius 1 is 1.20 bits per heavy atom. The number of ether oxygens (including phenoxy) is 1. The molecule has 0 spiro atoms. The number of rotatable bonds is 10. The molecule has 1 aromatic rings. The maximum Gasteiger partial charge on any atom is 0.123 e. The van der Waals surface area contributed by atoms with Crippen LogP contribution in [0.5, 0.6) is 5.75 Å². The smallest absolute Gasteiger partial charge is 0.123 e. The van der Waals surface area contributed by atoms with Gasteiger partial charge in [0.1, 0.15) is 5.75 Å². The Labute approximate surface area is 127 Å². The fraction of sp³-hybridized carbons (Fsp3) is 0.625. The van der Waals surface area contributed by atoms with Gasteiger partial charge in [-0.05, 0) is 24.6 Å². The molecular weight excluding hydrogens is 272 g/mol. The van der Waals surface area contributed by atoms with Crippen LogP contribution in [-0.2, 0) is 0 Å². The van der Waals surface area contributed by atoms with Crippen LogP contribution in [0.4, 0.5) is 0 Å². The van der Waals surface area contributed by atoms with E-state index in [9.17, 15) is 0 Å². The summed E-state index contributed by atoms with van der Waals surface area (Å²) in [7, 11) is 1.67. The quantitative estimate of drug-likeness (QED) is 0.377. The molecule has 0 aliphatic carbocycles. The molecule has 0 saturated carbocycles. The van der Waals surface area contributed by atoms with Crippen molar-refractivity contribution in [1.82, 2.24) is 5.43 Å². The summed E-state index contributed by atoms with van der Waals surface area (Å²) >= 11 is 6.07. The van der Waals surface area contributed by atoms with Gasteiger partial charge in [-0.1, -0.05) is 57.0 Å². The lowest BCUT2D eigenvalue weighted by Gasteiger charge is -2.19. The van der Waals surface area contributed by atoms with E-state index < -0.39 is 0 Å². The Morgan fingerprint density at radius 2 is 1.90 bits per heavy atom. The topological polar surface area (TPSA) is 47.3 Å². The Balaban J connectivity index is 2.51. The second kappa shape index (κ2) is 10.0. The molecule has 1 atom stereocenters. The molecule has 3 N–H and O–H groups in total. The Bertz CT molecular complexity index is 385. The SMILES string of the molecule is CCCCCCCCC(NN)c1cc(Cl)ccc1OC. The minimum absolute atomic E-state index is 0.0924. The van der Waals surface area contributed by atoms with Gasteiger partial charge >= 0.3 is 0 Å². The molecule has 0 amide bonds. The third-order valence-corrected chi connectivity index (χ3v) is 3.85. The summed E-state index contributed by atoms with van der Waals surface area (Å²) in [6.07, 6.45) is 8.66. The number of unbranched alkanes of at least 4 members (excludes halogenated alkanes) is 5. The van der Waals surface area contributed by atoms with Crippen molar-refractivity contribution in [3.63, 3.8) is 0 Å². The number of hydrazine groups is 1. The highest BCUT2D eigenvalue weighted by Gasteiger charge is 2.15. The maximum atomic E-state index is 6.07. The van der Waals surface area contributed by atoms with Crippen LogP contribution in [0.1, 0.15) is 63.5 Å². The average Bonchev–Trinajstić information content (AvgIpc) is 2.46. The molecule has 0 aliphatic heterocycles. The van der Waals surface area contributed by atoms with Crippen molar-refractivity contribution >= 4 is 11.6 Å². The lowest BCUT2D eigenvalue weighted by molar-refractivity contribution is 0.392. The molecule has 0 fully saturated rings. The van der Waals surface area contributed by atoms with Crippen LogP contribution in [0, 0.1) is 0 Å². The zero-order chi connectivity index (χ0) is 14.8. The van der Waals surface area contributed by atoms with Crippen LogP contribution in [0.2, 0.25) is 5.02 Å². The predicted molar refractivity (Wildman–Crippen MR) is 86.1 cm³/mol. The van der Waals surface area contributed by atoms with Gasteiger partial charge in [-0.3, -0.25) is 11.3 Å². The van der Waals surface area contributed by atoms with Gasteiger partial charge in [0.05, 0.1) is 7.11 Å². The Hall–Kier alpha value is -0.770. The fourth-order valence-corrected chi connectivity index (χ4v) is 2.62. The van der Waals surface area contributed by atoms with Crippen molar-refractivity contribution < 1.29 is 4.74 Å². The normalized spacial score (nSPS) is 12.4. The number of nitrogens with one attached hydrogen (secondary N) is 1. The third kappa shape index (κ3) is 5.70. The lowest BCUT2D eigenvalue weighted by Crippen LogP contribution is -2.28. The van der Waals surface area contributed by atoms with E-state index in [0.717, 1.165) is 24.2 Å². The van der Waals surface area contributed by atoms with E-state index in [2.05, 4.69) is 12.3 Å². The van der Waals surface area contributed by atoms with Crippen LogP contribution >= 0.6 is 11.6 Å². The highest BCUT2D eigenvalue weighted by atomic mass is 35.5. The molecule has 0 saturated heterocycles. The van der Waals surface area contributed by atoms with Crippen LogP contribution in [0.3, 0.4) is 0 Å². The zero-order valence-corrected chi connectivity index (χ0v) is 13.4. The average molecular weight is 299 g/mol. The fourth-order valence-electron chi connectivity index (χ4n) is 2.43. The van der Waals surface area contributed by atoms with Crippen molar-refractivity contribution in [3.8, 4) is 5.75 Å². The minimum atomic E-state index is 0.0924.